The molecule has 1 spiro atoms. The Labute approximate surface area is 110 Å². The SMILES string of the molecule is C[C@@H](N)C(=O)N1CCC2(CCC(CS)CC2)C1. The first-order valence-corrected chi connectivity index (χ1v) is 7.35. The van der Waals surface area contributed by atoms with Gasteiger partial charge < -0.3 is 10.6 Å². The first-order chi connectivity index (χ1) is 8.06. The summed E-state index contributed by atoms with van der Waals surface area (Å²) in [5.41, 5.74) is 6.08. The molecule has 98 valence electrons. The highest BCUT2D eigenvalue weighted by molar-refractivity contribution is 7.80. The van der Waals surface area contributed by atoms with Gasteiger partial charge in [-0.05, 0) is 56.1 Å². The lowest BCUT2D eigenvalue weighted by atomic mass is 9.70. The second-order valence-electron chi connectivity index (χ2n) is 5.92. The lowest BCUT2D eigenvalue weighted by Gasteiger charge is -2.36. The maximum Gasteiger partial charge on any atom is 0.239 e. The van der Waals surface area contributed by atoms with E-state index in [0.29, 0.717) is 5.41 Å². The Morgan fingerprint density at radius 1 is 1.47 bits per heavy atom. The quantitative estimate of drug-likeness (QED) is 0.738. The summed E-state index contributed by atoms with van der Waals surface area (Å²) in [5, 5.41) is 0. The van der Waals surface area contributed by atoms with Gasteiger partial charge in [-0.1, -0.05) is 0 Å². The molecule has 0 unspecified atom stereocenters. The molecular weight excluding hydrogens is 232 g/mol. The normalized spacial score (nSPS) is 35.2. The molecule has 1 saturated carbocycles. The van der Waals surface area contributed by atoms with Crippen LogP contribution in [0.2, 0.25) is 0 Å². The highest BCUT2D eigenvalue weighted by atomic mass is 32.1. The largest absolute Gasteiger partial charge is 0.341 e. The van der Waals surface area contributed by atoms with E-state index in [1.54, 1.807) is 6.92 Å². The Morgan fingerprint density at radius 2 is 2.12 bits per heavy atom. The number of hydrogen-bond donors (Lipinski definition) is 2. The molecule has 3 nitrogen and oxygen atoms in total. The van der Waals surface area contributed by atoms with Crippen LogP contribution in [0.5, 0.6) is 0 Å². The monoisotopic (exact) mass is 256 g/mol. The van der Waals surface area contributed by atoms with Gasteiger partial charge in [0.15, 0.2) is 0 Å². The van der Waals surface area contributed by atoms with Crippen molar-refractivity contribution in [3.63, 3.8) is 0 Å². The topological polar surface area (TPSA) is 46.3 Å². The number of carbonyl (C=O) groups excluding carboxylic acids is 1. The van der Waals surface area contributed by atoms with Gasteiger partial charge in [-0.15, -0.1) is 0 Å². The van der Waals surface area contributed by atoms with Crippen molar-refractivity contribution in [1.82, 2.24) is 4.90 Å². The third-order valence-electron chi connectivity index (χ3n) is 4.56. The lowest BCUT2D eigenvalue weighted by molar-refractivity contribution is -0.131. The summed E-state index contributed by atoms with van der Waals surface area (Å²) in [4.78, 5) is 13.9. The average Bonchev–Trinajstić information content (AvgIpc) is 2.73. The van der Waals surface area contributed by atoms with Gasteiger partial charge in [0.1, 0.15) is 0 Å². The number of amides is 1. The molecule has 2 fully saturated rings. The van der Waals surface area contributed by atoms with Crippen LogP contribution in [0.25, 0.3) is 0 Å². The molecule has 0 aromatic heterocycles. The third kappa shape index (κ3) is 2.79. The summed E-state index contributed by atoms with van der Waals surface area (Å²) in [5.74, 6) is 1.93. The summed E-state index contributed by atoms with van der Waals surface area (Å²) < 4.78 is 0. The maximum absolute atomic E-state index is 11.9. The minimum Gasteiger partial charge on any atom is -0.341 e. The van der Waals surface area contributed by atoms with Crippen LogP contribution in [0.4, 0.5) is 0 Å². The van der Waals surface area contributed by atoms with Gasteiger partial charge in [-0.25, -0.2) is 0 Å². The zero-order chi connectivity index (χ0) is 12.5. The fourth-order valence-electron chi connectivity index (χ4n) is 3.29. The van der Waals surface area contributed by atoms with Crippen LogP contribution in [-0.4, -0.2) is 35.7 Å². The molecule has 1 aliphatic carbocycles. The molecule has 2 aliphatic rings. The molecule has 1 atom stereocenters. The summed E-state index contributed by atoms with van der Waals surface area (Å²) in [7, 11) is 0. The van der Waals surface area contributed by atoms with Crippen molar-refractivity contribution in [2.45, 2.75) is 45.1 Å². The van der Waals surface area contributed by atoms with Crippen LogP contribution in [-0.2, 0) is 4.79 Å². The molecule has 17 heavy (non-hydrogen) atoms. The average molecular weight is 256 g/mol. The maximum atomic E-state index is 11.9. The summed E-state index contributed by atoms with van der Waals surface area (Å²) in [6, 6.07) is -0.348. The van der Waals surface area contributed by atoms with Crippen molar-refractivity contribution in [3.05, 3.63) is 0 Å². The predicted molar refractivity (Wildman–Crippen MR) is 73.1 cm³/mol. The predicted octanol–water partition coefficient (Wildman–Crippen LogP) is 1.67. The lowest BCUT2D eigenvalue weighted by Crippen LogP contribution is -2.42. The Balaban J connectivity index is 1.91. The highest BCUT2D eigenvalue weighted by Gasteiger charge is 2.42. The van der Waals surface area contributed by atoms with Crippen molar-refractivity contribution < 1.29 is 4.79 Å². The van der Waals surface area contributed by atoms with Crippen molar-refractivity contribution >= 4 is 18.5 Å². The number of rotatable bonds is 2. The Bertz CT molecular complexity index is 285. The van der Waals surface area contributed by atoms with Crippen LogP contribution in [0.3, 0.4) is 0 Å². The Hall–Kier alpha value is -0.220. The van der Waals surface area contributed by atoms with E-state index in [1.165, 1.54) is 32.1 Å². The van der Waals surface area contributed by atoms with Gasteiger partial charge in [0.25, 0.3) is 0 Å². The minimum absolute atomic E-state index is 0.123. The van der Waals surface area contributed by atoms with Crippen LogP contribution in [0.15, 0.2) is 0 Å². The number of carbonyl (C=O) groups is 1. The Kier molecular flexibility index (Phi) is 4.03. The van der Waals surface area contributed by atoms with E-state index in [4.69, 9.17) is 5.73 Å². The van der Waals surface area contributed by atoms with Gasteiger partial charge in [-0.2, -0.15) is 12.6 Å². The van der Waals surface area contributed by atoms with E-state index in [2.05, 4.69) is 12.6 Å². The van der Waals surface area contributed by atoms with Gasteiger partial charge in [0, 0.05) is 13.1 Å². The summed E-state index contributed by atoms with van der Waals surface area (Å²) in [6.07, 6.45) is 6.26. The molecule has 2 N–H and O–H groups in total. The first-order valence-electron chi connectivity index (χ1n) is 6.71. The number of hydrogen-bond acceptors (Lipinski definition) is 3. The molecule has 1 saturated heterocycles. The fourth-order valence-corrected chi connectivity index (χ4v) is 3.66. The van der Waals surface area contributed by atoms with Crippen LogP contribution < -0.4 is 5.73 Å². The van der Waals surface area contributed by atoms with E-state index in [1.807, 2.05) is 4.90 Å². The molecule has 2 rings (SSSR count). The van der Waals surface area contributed by atoms with Gasteiger partial charge in [-0.3, -0.25) is 4.79 Å². The number of nitrogens with zero attached hydrogens (tertiary/aromatic N) is 1. The second kappa shape index (κ2) is 5.19. The number of thiol groups is 1. The van der Waals surface area contributed by atoms with Crippen LogP contribution in [0.1, 0.15) is 39.0 Å². The van der Waals surface area contributed by atoms with E-state index < -0.39 is 0 Å². The van der Waals surface area contributed by atoms with Crippen LogP contribution in [0, 0.1) is 11.3 Å². The van der Waals surface area contributed by atoms with Crippen molar-refractivity contribution in [2.75, 3.05) is 18.8 Å². The van der Waals surface area contributed by atoms with E-state index >= 15 is 0 Å². The van der Waals surface area contributed by atoms with Gasteiger partial charge >= 0.3 is 0 Å². The Morgan fingerprint density at radius 3 is 2.65 bits per heavy atom. The van der Waals surface area contributed by atoms with Gasteiger partial charge in [0.2, 0.25) is 5.91 Å². The van der Waals surface area contributed by atoms with Gasteiger partial charge in [0.05, 0.1) is 6.04 Å². The summed E-state index contributed by atoms with van der Waals surface area (Å²) >= 11 is 4.39. The molecule has 1 heterocycles. The molecule has 4 heteroatoms. The minimum atomic E-state index is -0.348. The zero-order valence-corrected chi connectivity index (χ0v) is 11.6. The molecule has 1 amide bonds. The highest BCUT2D eigenvalue weighted by Crippen LogP contribution is 2.45. The standard InChI is InChI=1S/C13H24N2OS/c1-10(14)12(16)15-7-6-13(9-15)4-2-11(8-17)3-5-13/h10-11,17H,2-9,14H2,1H3/t10-,11?,13?/m1/s1. The third-order valence-corrected chi connectivity index (χ3v) is 5.08. The van der Waals surface area contributed by atoms with E-state index in [0.717, 1.165) is 24.8 Å². The number of nitrogens with two attached hydrogens (primary N) is 1. The zero-order valence-electron chi connectivity index (χ0n) is 10.7. The smallest absolute Gasteiger partial charge is 0.239 e. The number of likely N-dealkylation sites (tertiary alicyclic amines) is 1. The second-order valence-corrected chi connectivity index (χ2v) is 6.29. The molecule has 0 aromatic carbocycles. The van der Waals surface area contributed by atoms with Crippen molar-refractivity contribution in [2.24, 2.45) is 17.1 Å². The van der Waals surface area contributed by atoms with E-state index in [-0.39, 0.29) is 11.9 Å². The molecule has 0 aromatic rings. The van der Waals surface area contributed by atoms with Crippen LogP contribution >= 0.6 is 12.6 Å². The molecule has 0 bridgehead atoms. The first kappa shape index (κ1) is 13.2. The molecule has 1 aliphatic heterocycles. The molecule has 0 radical (unpaired) electrons. The van der Waals surface area contributed by atoms with E-state index in [9.17, 15) is 4.79 Å². The summed E-state index contributed by atoms with van der Waals surface area (Å²) in [6.45, 7) is 3.63. The van der Waals surface area contributed by atoms with Crippen molar-refractivity contribution in [1.29, 1.82) is 0 Å². The van der Waals surface area contributed by atoms with Crippen molar-refractivity contribution in [3.8, 4) is 0 Å². The fraction of sp³-hybridized carbons (Fsp3) is 0.923. The molecular formula is C13H24N2OS.